The van der Waals surface area contributed by atoms with E-state index in [-0.39, 0.29) is 25.0 Å². The standard InChI is InChI=1S/C27H34O12/c1-10(24(3,4)36)6-15(29)39-18-20-26-9-37-27(20,23(34)35)21(32)17(31)19(26)25(5)8-13(28)16(30)11(2)12(25)7-14(26)38-22(18)33/h6,12,14,17-21,30-32,36H,7-9H2,1-5H3,(H,34,35)/b10-6+/t12-,14+,17+,18+,19+,20+,21-,25-,26+,27-/m0/s1. The summed E-state index contributed by atoms with van der Waals surface area (Å²) in [7, 11) is 0. The van der Waals surface area contributed by atoms with Crippen molar-refractivity contribution in [2.45, 2.75) is 83.1 Å². The summed E-state index contributed by atoms with van der Waals surface area (Å²) < 4.78 is 17.2. The predicted octanol–water partition coefficient (Wildman–Crippen LogP) is 0.180. The Balaban J connectivity index is 1.68. The number of carbonyl (C=O) groups excluding carboxylic acids is 3. The van der Waals surface area contributed by atoms with Crippen LogP contribution < -0.4 is 0 Å². The van der Waals surface area contributed by atoms with E-state index in [9.17, 15) is 44.7 Å². The number of aliphatic carboxylic acids is 1. The number of carboxylic acids is 1. The summed E-state index contributed by atoms with van der Waals surface area (Å²) in [5.41, 5.74) is -5.85. The lowest BCUT2D eigenvalue weighted by atomic mass is 9.38. The number of carboxylic acid groups (broad SMARTS) is 1. The molecule has 2 saturated carbocycles. The summed E-state index contributed by atoms with van der Waals surface area (Å²) in [6.45, 7) is 7.33. The minimum absolute atomic E-state index is 0.0959. The number of aliphatic hydroxyl groups excluding tert-OH is 3. The van der Waals surface area contributed by atoms with Crippen LogP contribution in [0.5, 0.6) is 0 Å². The number of esters is 2. The van der Waals surface area contributed by atoms with Gasteiger partial charge in [-0.2, -0.15) is 0 Å². The van der Waals surface area contributed by atoms with Crippen molar-refractivity contribution in [3.8, 4) is 0 Å². The SMILES string of the molecule is CC1=C(O)C(=O)C[C@]2(C)[C@H]3[C@@H](O)[C@H](O)[C@@]4(C(=O)O)OC[C@@]35[C@@H](C[C@@H]12)OC(=O)[C@H](OC(=O)/C=C(\C)C(C)(C)O)[C@@H]45. The maximum absolute atomic E-state index is 13.4. The topological polar surface area (TPSA) is 197 Å². The van der Waals surface area contributed by atoms with Gasteiger partial charge in [0.2, 0.25) is 11.7 Å². The molecule has 1 spiro atoms. The Hall–Kier alpha value is -2.80. The molecule has 5 N–H and O–H groups in total. The molecule has 0 aromatic rings. The Kier molecular flexibility index (Phi) is 5.95. The molecule has 214 valence electrons. The maximum atomic E-state index is 13.4. The van der Waals surface area contributed by atoms with Crippen LogP contribution in [0.15, 0.2) is 23.0 Å². The molecule has 0 aromatic heterocycles. The van der Waals surface area contributed by atoms with E-state index in [2.05, 4.69) is 0 Å². The van der Waals surface area contributed by atoms with Gasteiger partial charge in [0.15, 0.2) is 11.5 Å². The third kappa shape index (κ3) is 3.38. The fourth-order valence-electron chi connectivity index (χ4n) is 8.22. The van der Waals surface area contributed by atoms with Crippen LogP contribution in [0.1, 0.15) is 47.5 Å². The summed E-state index contributed by atoms with van der Waals surface area (Å²) >= 11 is 0. The lowest BCUT2D eigenvalue weighted by Crippen LogP contribution is -2.79. The molecular formula is C27H34O12. The fourth-order valence-corrected chi connectivity index (χ4v) is 8.22. The number of Topliss-reactive ketones (excluding diaryl/α,β-unsaturated/α-hetero) is 1. The molecule has 12 nitrogen and oxygen atoms in total. The molecule has 2 heterocycles. The van der Waals surface area contributed by atoms with Crippen LogP contribution in [0.2, 0.25) is 0 Å². The average molecular weight is 551 g/mol. The van der Waals surface area contributed by atoms with Crippen molar-refractivity contribution < 1.29 is 58.9 Å². The number of rotatable bonds is 4. The van der Waals surface area contributed by atoms with Gasteiger partial charge < -0.3 is 39.7 Å². The van der Waals surface area contributed by atoms with Crippen LogP contribution in [-0.2, 0) is 33.4 Å². The summed E-state index contributed by atoms with van der Waals surface area (Å²) in [6.07, 6.45) is -5.74. The third-order valence-corrected chi connectivity index (χ3v) is 10.2. The van der Waals surface area contributed by atoms with Gasteiger partial charge in [-0.05, 0) is 56.6 Å². The minimum Gasteiger partial charge on any atom is -0.504 e. The molecule has 0 radical (unpaired) electrons. The van der Waals surface area contributed by atoms with Crippen LogP contribution in [0.25, 0.3) is 0 Å². The number of ether oxygens (including phenoxy) is 3. The quantitative estimate of drug-likeness (QED) is 0.235. The Morgan fingerprint density at radius 1 is 1.18 bits per heavy atom. The molecule has 2 bridgehead atoms. The van der Waals surface area contributed by atoms with Crippen molar-refractivity contribution in [2.75, 3.05) is 6.61 Å². The molecule has 10 atom stereocenters. The van der Waals surface area contributed by atoms with Crippen LogP contribution in [0.4, 0.5) is 0 Å². The van der Waals surface area contributed by atoms with E-state index >= 15 is 0 Å². The molecule has 4 fully saturated rings. The van der Waals surface area contributed by atoms with Crippen molar-refractivity contribution in [1.82, 2.24) is 0 Å². The molecule has 0 amide bonds. The highest BCUT2D eigenvalue weighted by molar-refractivity contribution is 5.95. The van der Waals surface area contributed by atoms with E-state index in [4.69, 9.17) is 14.2 Å². The average Bonchev–Trinajstić information content (AvgIpc) is 3.13. The van der Waals surface area contributed by atoms with E-state index in [1.54, 1.807) is 13.8 Å². The van der Waals surface area contributed by atoms with Crippen molar-refractivity contribution in [1.29, 1.82) is 0 Å². The summed E-state index contributed by atoms with van der Waals surface area (Å²) in [6, 6.07) is 0. The van der Waals surface area contributed by atoms with Crippen molar-refractivity contribution in [2.24, 2.45) is 28.6 Å². The zero-order valence-electron chi connectivity index (χ0n) is 22.3. The highest BCUT2D eigenvalue weighted by atomic mass is 16.6. The number of hydrogen-bond acceptors (Lipinski definition) is 11. The highest BCUT2D eigenvalue weighted by Crippen LogP contribution is 2.72. The van der Waals surface area contributed by atoms with Crippen molar-refractivity contribution >= 4 is 23.7 Å². The zero-order chi connectivity index (χ0) is 29.0. The monoisotopic (exact) mass is 550 g/mol. The second kappa shape index (κ2) is 8.35. The molecule has 2 saturated heterocycles. The highest BCUT2D eigenvalue weighted by Gasteiger charge is 2.85. The summed E-state index contributed by atoms with van der Waals surface area (Å²) in [4.78, 5) is 51.9. The van der Waals surface area contributed by atoms with E-state index in [0.717, 1.165) is 6.08 Å². The molecular weight excluding hydrogens is 516 g/mol. The Labute approximate surface area is 224 Å². The molecule has 0 aromatic carbocycles. The second-order valence-electron chi connectivity index (χ2n) is 12.5. The first kappa shape index (κ1) is 27.8. The van der Waals surface area contributed by atoms with Crippen molar-refractivity contribution in [3.05, 3.63) is 23.0 Å². The van der Waals surface area contributed by atoms with E-state index in [1.807, 2.05) is 0 Å². The van der Waals surface area contributed by atoms with Crippen LogP contribution in [0.3, 0.4) is 0 Å². The van der Waals surface area contributed by atoms with Gasteiger partial charge in [-0.15, -0.1) is 0 Å². The first-order valence-corrected chi connectivity index (χ1v) is 12.9. The molecule has 12 heteroatoms. The van der Waals surface area contributed by atoms with Gasteiger partial charge >= 0.3 is 17.9 Å². The van der Waals surface area contributed by atoms with Gasteiger partial charge in [0.1, 0.15) is 12.2 Å². The third-order valence-electron chi connectivity index (χ3n) is 10.2. The van der Waals surface area contributed by atoms with Gasteiger partial charge in [-0.1, -0.05) is 6.92 Å². The second-order valence-corrected chi connectivity index (χ2v) is 12.5. The predicted molar refractivity (Wildman–Crippen MR) is 129 cm³/mol. The number of carbonyl (C=O) groups is 4. The van der Waals surface area contributed by atoms with E-state index < -0.39 is 93.7 Å². The van der Waals surface area contributed by atoms with Gasteiger partial charge in [-0.25, -0.2) is 14.4 Å². The maximum Gasteiger partial charge on any atom is 0.348 e. The molecule has 0 unspecified atom stereocenters. The minimum atomic E-state index is -2.51. The molecule has 2 aliphatic heterocycles. The fraction of sp³-hybridized carbons (Fsp3) is 0.704. The van der Waals surface area contributed by atoms with Crippen LogP contribution >= 0.6 is 0 Å². The number of aliphatic hydroxyl groups is 4. The smallest absolute Gasteiger partial charge is 0.348 e. The van der Waals surface area contributed by atoms with Gasteiger partial charge in [0.25, 0.3) is 0 Å². The number of ketones is 1. The lowest BCUT2D eigenvalue weighted by molar-refractivity contribution is -0.289. The molecule has 39 heavy (non-hydrogen) atoms. The number of hydrogen-bond donors (Lipinski definition) is 5. The Morgan fingerprint density at radius 2 is 1.82 bits per heavy atom. The molecule has 5 rings (SSSR count). The van der Waals surface area contributed by atoms with Crippen LogP contribution in [0, 0.1) is 28.6 Å². The zero-order valence-corrected chi connectivity index (χ0v) is 22.3. The van der Waals surface area contributed by atoms with Gasteiger partial charge in [0.05, 0.1) is 24.2 Å². The summed E-state index contributed by atoms with van der Waals surface area (Å²) in [5.74, 6) is -7.72. The van der Waals surface area contributed by atoms with E-state index in [0.29, 0.717) is 5.57 Å². The lowest BCUT2D eigenvalue weighted by Gasteiger charge is -2.67. The first-order chi connectivity index (χ1) is 17.9. The number of fused-ring (bicyclic) bond motifs is 2. The van der Waals surface area contributed by atoms with Crippen molar-refractivity contribution in [3.63, 3.8) is 0 Å². The van der Waals surface area contributed by atoms with Crippen LogP contribution in [-0.4, -0.2) is 91.4 Å². The Bertz CT molecular complexity index is 1230. The number of allylic oxidation sites excluding steroid dienone is 2. The molecule has 5 aliphatic rings. The largest absolute Gasteiger partial charge is 0.504 e. The van der Waals surface area contributed by atoms with Gasteiger partial charge in [0, 0.05) is 23.8 Å². The van der Waals surface area contributed by atoms with E-state index in [1.165, 1.54) is 20.8 Å². The Morgan fingerprint density at radius 3 is 2.41 bits per heavy atom. The van der Waals surface area contributed by atoms with Gasteiger partial charge in [-0.3, -0.25) is 4.79 Å². The summed E-state index contributed by atoms with van der Waals surface area (Å²) in [5, 5.41) is 53.9. The normalized spacial score (nSPS) is 45.3. The first-order valence-electron chi connectivity index (χ1n) is 12.9. The molecule has 3 aliphatic carbocycles.